The van der Waals surface area contributed by atoms with Gasteiger partial charge in [0.25, 0.3) is 11.5 Å². The van der Waals surface area contributed by atoms with E-state index in [4.69, 9.17) is 0 Å². The van der Waals surface area contributed by atoms with Crippen molar-refractivity contribution in [3.63, 3.8) is 0 Å². The third-order valence-electron chi connectivity index (χ3n) is 7.54. The summed E-state index contributed by atoms with van der Waals surface area (Å²) in [7, 11) is 0. The van der Waals surface area contributed by atoms with E-state index in [1.54, 1.807) is 33.5 Å². The second-order valence-corrected chi connectivity index (χ2v) is 11.0. The molecule has 0 radical (unpaired) electrons. The summed E-state index contributed by atoms with van der Waals surface area (Å²) in [5.74, 6) is 1.06. The van der Waals surface area contributed by atoms with Crippen molar-refractivity contribution in [2.75, 3.05) is 11.5 Å². The van der Waals surface area contributed by atoms with Gasteiger partial charge in [-0.3, -0.25) is 18.7 Å². The summed E-state index contributed by atoms with van der Waals surface area (Å²) in [5, 5.41) is 3.23. The number of imidazole rings is 1. The number of hydrogen-bond acceptors (Lipinski definition) is 6. The average Bonchev–Trinajstić information content (AvgIpc) is 3.40. The van der Waals surface area contributed by atoms with Gasteiger partial charge in [-0.1, -0.05) is 0 Å². The number of pyridine rings is 2. The number of fused-ring (bicyclic) bond motifs is 2. The molecule has 0 unspecified atom stereocenters. The molecule has 1 saturated carbocycles. The highest BCUT2D eigenvalue weighted by Gasteiger charge is 2.30. The van der Waals surface area contributed by atoms with Gasteiger partial charge in [0.05, 0.1) is 17.1 Å². The smallest absolute Gasteiger partial charge is 0.333 e. The molecular weight excluding hydrogens is 495 g/mol. The van der Waals surface area contributed by atoms with Crippen LogP contribution in [0.15, 0.2) is 52.6 Å². The Labute approximate surface area is 215 Å². The minimum atomic E-state index is -0.598. The van der Waals surface area contributed by atoms with Crippen LogP contribution in [0.25, 0.3) is 16.7 Å². The lowest BCUT2D eigenvalue weighted by Crippen LogP contribution is -2.46. The van der Waals surface area contributed by atoms with E-state index in [-0.39, 0.29) is 40.8 Å². The van der Waals surface area contributed by atoms with Crippen LogP contribution in [0.2, 0.25) is 0 Å². The lowest BCUT2D eigenvalue weighted by Gasteiger charge is -2.31. The van der Waals surface area contributed by atoms with Gasteiger partial charge in [0.15, 0.2) is 0 Å². The maximum atomic E-state index is 14.1. The summed E-state index contributed by atoms with van der Waals surface area (Å²) < 4.78 is 18.8. The van der Waals surface area contributed by atoms with E-state index in [9.17, 15) is 18.8 Å². The van der Waals surface area contributed by atoms with Gasteiger partial charge in [-0.15, -0.1) is 0 Å². The molecule has 0 bridgehead atoms. The van der Waals surface area contributed by atoms with Gasteiger partial charge in [-0.2, -0.15) is 11.8 Å². The molecular formula is C26H27FN6O3S. The van der Waals surface area contributed by atoms with Crippen molar-refractivity contribution in [2.24, 2.45) is 0 Å². The Hall–Kier alpha value is -3.47. The fourth-order valence-corrected chi connectivity index (χ4v) is 6.75. The molecule has 192 valence electrons. The lowest BCUT2D eigenvalue weighted by molar-refractivity contribution is 0.0923. The number of hydrogen-bond donors (Lipinski definition) is 1. The lowest BCUT2D eigenvalue weighted by atomic mass is 9.90. The summed E-state index contributed by atoms with van der Waals surface area (Å²) in [4.78, 5) is 48.6. The van der Waals surface area contributed by atoms with Crippen molar-refractivity contribution in [3.05, 3.63) is 75.2 Å². The minimum absolute atomic E-state index is 0.0675. The first kappa shape index (κ1) is 23.9. The number of aromatic nitrogens is 5. The van der Waals surface area contributed by atoms with Gasteiger partial charge < -0.3 is 9.72 Å². The normalized spacial score (nSPS) is 20.9. The molecule has 0 atom stereocenters. The van der Waals surface area contributed by atoms with Crippen molar-refractivity contribution in [1.29, 1.82) is 0 Å². The highest BCUT2D eigenvalue weighted by Crippen LogP contribution is 2.30. The number of carbonyl (C=O) groups excluding carboxylic acids is 1. The Morgan fingerprint density at radius 3 is 2.51 bits per heavy atom. The second kappa shape index (κ2) is 9.77. The van der Waals surface area contributed by atoms with Crippen molar-refractivity contribution in [1.82, 2.24) is 28.8 Å². The molecule has 2 fully saturated rings. The molecule has 6 rings (SSSR count). The van der Waals surface area contributed by atoms with Gasteiger partial charge in [0, 0.05) is 36.7 Å². The number of rotatable bonds is 4. The molecule has 1 amide bonds. The van der Waals surface area contributed by atoms with Gasteiger partial charge in [0.2, 0.25) is 0 Å². The van der Waals surface area contributed by atoms with Gasteiger partial charge in [-0.05, 0) is 68.2 Å². The van der Waals surface area contributed by atoms with Crippen LogP contribution in [0, 0.1) is 5.82 Å². The number of carbonyl (C=O) groups is 1. The van der Waals surface area contributed by atoms with Crippen molar-refractivity contribution in [3.8, 4) is 0 Å². The third-order valence-corrected chi connectivity index (χ3v) is 8.59. The molecule has 5 heterocycles. The van der Waals surface area contributed by atoms with Crippen molar-refractivity contribution < 1.29 is 9.18 Å². The van der Waals surface area contributed by atoms with Crippen LogP contribution in [0.1, 0.15) is 61.0 Å². The Bertz CT molecular complexity index is 1600. The van der Waals surface area contributed by atoms with Gasteiger partial charge in [0.1, 0.15) is 17.1 Å². The molecule has 11 heteroatoms. The van der Waals surface area contributed by atoms with Gasteiger partial charge in [-0.25, -0.2) is 19.2 Å². The summed E-state index contributed by atoms with van der Waals surface area (Å²) >= 11 is 1.84. The first-order chi connectivity index (χ1) is 18.0. The van der Waals surface area contributed by atoms with Crippen molar-refractivity contribution >= 4 is 34.3 Å². The molecule has 2 aliphatic rings. The van der Waals surface area contributed by atoms with Crippen LogP contribution < -0.4 is 16.6 Å². The summed E-state index contributed by atoms with van der Waals surface area (Å²) in [6, 6.07) is 4.28. The quantitative estimate of drug-likeness (QED) is 0.441. The molecule has 4 aromatic heterocycles. The fourth-order valence-electron chi connectivity index (χ4n) is 5.67. The first-order valence-electron chi connectivity index (χ1n) is 12.6. The van der Waals surface area contributed by atoms with Crippen LogP contribution in [0.3, 0.4) is 0 Å². The highest BCUT2D eigenvalue weighted by atomic mass is 32.2. The number of thioether (sulfide) groups is 1. The predicted octanol–water partition coefficient (Wildman–Crippen LogP) is 3.33. The Morgan fingerprint density at radius 1 is 0.973 bits per heavy atom. The second-order valence-electron chi connectivity index (χ2n) is 9.75. The fraction of sp³-hybridized carbons (Fsp3) is 0.423. The summed E-state index contributed by atoms with van der Waals surface area (Å²) in [5.41, 5.74) is 0.500. The highest BCUT2D eigenvalue weighted by molar-refractivity contribution is 7.99. The van der Waals surface area contributed by atoms with E-state index in [0.29, 0.717) is 36.9 Å². The first-order valence-corrected chi connectivity index (χ1v) is 13.8. The molecule has 4 aromatic rings. The molecule has 0 spiro atoms. The van der Waals surface area contributed by atoms with E-state index in [1.165, 1.54) is 10.6 Å². The number of nitrogens with one attached hydrogen (secondary N) is 1. The molecule has 9 nitrogen and oxygen atoms in total. The third kappa shape index (κ3) is 4.35. The maximum absolute atomic E-state index is 14.1. The standard InChI is InChI=1S/C26H27FN6O3S/c27-16-14-21-23(29-15-16)32(19-7-12-37-13-8-19)26(36)33(25(21)35)18-5-3-17(4-6-18)30-24(34)20-2-1-10-31-11-9-28-22(20)31/h1-2,9-11,14-15,17-19H,3-8,12-13H2,(H,30,34)/t17-,18+. The van der Waals surface area contributed by atoms with Crippen LogP contribution in [0.4, 0.5) is 4.39 Å². The summed E-state index contributed by atoms with van der Waals surface area (Å²) in [6.45, 7) is 0. The number of halogens is 1. The SMILES string of the molecule is O=C(N[C@H]1CC[C@@H](n2c(=O)c3cc(F)cnc3n(C3CCSCC3)c2=O)CC1)c1cccn2ccnc12. The van der Waals surface area contributed by atoms with Crippen LogP contribution in [-0.4, -0.2) is 47.0 Å². The van der Waals surface area contributed by atoms with Crippen LogP contribution >= 0.6 is 11.8 Å². The van der Waals surface area contributed by atoms with Gasteiger partial charge >= 0.3 is 5.69 Å². The number of amides is 1. The molecule has 37 heavy (non-hydrogen) atoms. The van der Waals surface area contributed by atoms with Crippen LogP contribution in [0.5, 0.6) is 0 Å². The topological polar surface area (TPSA) is 103 Å². The van der Waals surface area contributed by atoms with E-state index in [2.05, 4.69) is 15.3 Å². The largest absolute Gasteiger partial charge is 0.349 e. The summed E-state index contributed by atoms with van der Waals surface area (Å²) in [6.07, 6.45) is 10.3. The zero-order valence-corrected chi connectivity index (χ0v) is 21.0. The van der Waals surface area contributed by atoms with Crippen molar-refractivity contribution in [2.45, 2.75) is 56.7 Å². The zero-order chi connectivity index (χ0) is 25.5. The molecule has 1 saturated heterocycles. The minimum Gasteiger partial charge on any atom is -0.349 e. The Balaban J connectivity index is 1.27. The average molecular weight is 523 g/mol. The number of nitrogens with zero attached hydrogens (tertiary/aromatic N) is 5. The Morgan fingerprint density at radius 2 is 1.73 bits per heavy atom. The predicted molar refractivity (Wildman–Crippen MR) is 140 cm³/mol. The van der Waals surface area contributed by atoms with Crippen LogP contribution in [-0.2, 0) is 0 Å². The van der Waals surface area contributed by atoms with E-state index in [1.807, 2.05) is 18.0 Å². The Kier molecular flexibility index (Phi) is 6.31. The van der Waals surface area contributed by atoms with E-state index in [0.717, 1.165) is 30.5 Å². The maximum Gasteiger partial charge on any atom is 0.333 e. The molecule has 0 aromatic carbocycles. The molecule has 1 aliphatic carbocycles. The molecule has 1 aliphatic heterocycles. The molecule has 1 N–H and O–H groups in total. The monoisotopic (exact) mass is 522 g/mol. The van der Waals surface area contributed by atoms with E-state index >= 15 is 0 Å². The zero-order valence-electron chi connectivity index (χ0n) is 20.2. The van der Waals surface area contributed by atoms with E-state index < -0.39 is 11.4 Å².